The number of hydrogen-bond donors (Lipinski definition) is 2. The average molecular weight is 268 g/mol. The number of benzene rings is 1. The lowest BCUT2D eigenvalue weighted by molar-refractivity contribution is -0.136. The fraction of sp³-hybridized carbons (Fsp3) is 0.182. The van der Waals surface area contributed by atoms with Crippen molar-refractivity contribution >= 4 is 32.8 Å². The number of hydrogen-bond acceptors (Lipinski definition) is 1. The highest BCUT2D eigenvalue weighted by atomic mass is 79.9. The minimum absolute atomic E-state index is 0.163. The fourth-order valence-corrected chi connectivity index (χ4v) is 2.25. The number of fused-ring (bicyclic) bond motifs is 1. The van der Waals surface area contributed by atoms with E-state index in [-0.39, 0.29) is 6.42 Å². The first kappa shape index (κ1) is 10.2. The first-order valence-corrected chi connectivity index (χ1v) is 5.44. The Balaban J connectivity index is 2.41. The largest absolute Gasteiger partial charge is 0.481 e. The predicted octanol–water partition coefficient (Wildman–Crippen LogP) is 2.95. The van der Waals surface area contributed by atoms with Crippen LogP contribution >= 0.6 is 15.9 Å². The highest BCUT2D eigenvalue weighted by Crippen LogP contribution is 2.27. The number of halogens is 1. The summed E-state index contributed by atoms with van der Waals surface area (Å²) in [5, 5.41) is 9.73. The molecule has 15 heavy (non-hydrogen) atoms. The third kappa shape index (κ3) is 2.04. The van der Waals surface area contributed by atoms with Crippen molar-refractivity contribution in [3.63, 3.8) is 0 Å². The number of nitrogens with one attached hydrogen (secondary N) is 1. The van der Waals surface area contributed by atoms with E-state index >= 15 is 0 Å². The third-order valence-electron chi connectivity index (χ3n) is 2.35. The van der Waals surface area contributed by atoms with Crippen LogP contribution in [0.2, 0.25) is 0 Å². The van der Waals surface area contributed by atoms with Gasteiger partial charge < -0.3 is 10.1 Å². The Kier molecular flexibility index (Phi) is 2.77. The number of carboxylic acid groups (broad SMARTS) is 1. The summed E-state index contributed by atoms with van der Waals surface area (Å²) < 4.78 is 0.985. The van der Waals surface area contributed by atoms with E-state index in [0.29, 0.717) is 6.42 Å². The van der Waals surface area contributed by atoms with Gasteiger partial charge in [-0.1, -0.05) is 12.1 Å². The molecule has 4 heteroatoms. The van der Waals surface area contributed by atoms with Gasteiger partial charge in [0.05, 0.1) is 0 Å². The first-order chi connectivity index (χ1) is 7.18. The molecule has 78 valence electrons. The summed E-state index contributed by atoms with van der Waals surface area (Å²) in [5.74, 6) is -0.765. The summed E-state index contributed by atoms with van der Waals surface area (Å²) >= 11 is 3.45. The van der Waals surface area contributed by atoms with Crippen molar-refractivity contribution in [3.8, 4) is 0 Å². The van der Waals surface area contributed by atoms with Crippen molar-refractivity contribution in [2.75, 3.05) is 0 Å². The lowest BCUT2D eigenvalue weighted by atomic mass is 10.1. The van der Waals surface area contributed by atoms with Gasteiger partial charge in [0.25, 0.3) is 0 Å². The molecule has 1 aromatic heterocycles. The third-order valence-corrected chi connectivity index (χ3v) is 2.98. The minimum atomic E-state index is -0.765. The molecule has 0 unspecified atom stereocenters. The van der Waals surface area contributed by atoms with E-state index in [1.54, 1.807) is 0 Å². The summed E-state index contributed by atoms with van der Waals surface area (Å²) in [6.07, 6.45) is 2.59. The molecule has 3 nitrogen and oxygen atoms in total. The number of aryl methyl sites for hydroxylation is 1. The van der Waals surface area contributed by atoms with Gasteiger partial charge in [-0.3, -0.25) is 4.79 Å². The Morgan fingerprint density at radius 2 is 2.27 bits per heavy atom. The minimum Gasteiger partial charge on any atom is -0.481 e. The Hall–Kier alpha value is -1.29. The van der Waals surface area contributed by atoms with E-state index in [9.17, 15) is 4.79 Å². The number of carboxylic acids is 1. The van der Waals surface area contributed by atoms with E-state index in [1.807, 2.05) is 24.4 Å². The lowest BCUT2D eigenvalue weighted by Crippen LogP contribution is -1.97. The van der Waals surface area contributed by atoms with E-state index in [1.165, 1.54) is 0 Å². The molecule has 0 saturated heterocycles. The molecule has 0 spiro atoms. The molecule has 0 aliphatic heterocycles. The van der Waals surface area contributed by atoms with Crippen molar-refractivity contribution in [2.24, 2.45) is 0 Å². The van der Waals surface area contributed by atoms with Crippen LogP contribution in [0.1, 0.15) is 12.0 Å². The number of H-pyrrole nitrogens is 1. The normalized spacial score (nSPS) is 10.7. The molecule has 0 aliphatic carbocycles. The monoisotopic (exact) mass is 267 g/mol. The van der Waals surface area contributed by atoms with Crippen LogP contribution in [0.25, 0.3) is 10.9 Å². The molecule has 1 heterocycles. The summed E-state index contributed by atoms with van der Waals surface area (Å²) in [4.78, 5) is 13.6. The number of rotatable bonds is 3. The second kappa shape index (κ2) is 4.06. The molecule has 0 bridgehead atoms. The van der Waals surface area contributed by atoms with Crippen LogP contribution in [0.3, 0.4) is 0 Å². The van der Waals surface area contributed by atoms with Gasteiger partial charge in [0, 0.05) is 28.0 Å². The van der Waals surface area contributed by atoms with Crippen molar-refractivity contribution < 1.29 is 9.90 Å². The number of aliphatic carboxylic acids is 1. The summed E-state index contributed by atoms with van der Waals surface area (Å²) in [6, 6.07) is 5.87. The van der Waals surface area contributed by atoms with E-state index in [2.05, 4.69) is 20.9 Å². The molecule has 0 saturated carbocycles. The molecule has 0 amide bonds. The molecule has 0 atom stereocenters. The van der Waals surface area contributed by atoms with Gasteiger partial charge in [-0.15, -0.1) is 0 Å². The van der Waals surface area contributed by atoms with Gasteiger partial charge in [0.1, 0.15) is 0 Å². The second-order valence-corrected chi connectivity index (χ2v) is 4.22. The van der Waals surface area contributed by atoms with Crippen LogP contribution in [0.5, 0.6) is 0 Å². The molecule has 0 radical (unpaired) electrons. The van der Waals surface area contributed by atoms with E-state index in [0.717, 1.165) is 20.9 Å². The van der Waals surface area contributed by atoms with Crippen molar-refractivity contribution in [1.82, 2.24) is 4.98 Å². The van der Waals surface area contributed by atoms with Gasteiger partial charge in [-0.05, 0) is 34.0 Å². The Morgan fingerprint density at radius 1 is 1.47 bits per heavy atom. The van der Waals surface area contributed by atoms with Gasteiger partial charge in [-0.25, -0.2) is 0 Å². The van der Waals surface area contributed by atoms with Crippen molar-refractivity contribution in [3.05, 3.63) is 34.4 Å². The van der Waals surface area contributed by atoms with Crippen molar-refractivity contribution in [1.29, 1.82) is 0 Å². The number of aromatic amines is 1. The highest BCUT2D eigenvalue weighted by molar-refractivity contribution is 9.10. The molecule has 2 rings (SSSR count). The zero-order chi connectivity index (χ0) is 10.8. The van der Waals surface area contributed by atoms with Crippen LogP contribution in [-0.4, -0.2) is 16.1 Å². The molecule has 0 aliphatic rings. The quantitative estimate of drug-likeness (QED) is 0.899. The molecule has 0 fully saturated rings. The summed E-state index contributed by atoms with van der Waals surface area (Å²) in [5.41, 5.74) is 2.09. The molecule has 2 N–H and O–H groups in total. The predicted molar refractivity (Wildman–Crippen MR) is 62.0 cm³/mol. The van der Waals surface area contributed by atoms with Gasteiger partial charge in [-0.2, -0.15) is 0 Å². The van der Waals surface area contributed by atoms with Crippen molar-refractivity contribution in [2.45, 2.75) is 12.8 Å². The number of carbonyl (C=O) groups is 1. The first-order valence-electron chi connectivity index (χ1n) is 4.65. The molecule has 2 aromatic rings. The van der Waals surface area contributed by atoms with Crippen LogP contribution in [-0.2, 0) is 11.2 Å². The van der Waals surface area contributed by atoms with Gasteiger partial charge >= 0.3 is 5.97 Å². The Labute approximate surface area is 95.2 Å². The summed E-state index contributed by atoms with van der Waals surface area (Å²) in [6.45, 7) is 0. The van der Waals surface area contributed by atoms with E-state index in [4.69, 9.17) is 5.11 Å². The zero-order valence-corrected chi connectivity index (χ0v) is 9.54. The second-order valence-electron chi connectivity index (χ2n) is 3.37. The van der Waals surface area contributed by atoms with Crippen LogP contribution in [0, 0.1) is 0 Å². The number of aromatic nitrogens is 1. The SMILES string of the molecule is O=C(O)CCc1cccc2[nH]cc(Br)c12. The molecular weight excluding hydrogens is 258 g/mol. The highest BCUT2D eigenvalue weighted by Gasteiger charge is 2.07. The summed E-state index contributed by atoms with van der Waals surface area (Å²) in [7, 11) is 0. The smallest absolute Gasteiger partial charge is 0.303 e. The molecular formula is C11H10BrNO2. The maximum absolute atomic E-state index is 10.5. The Morgan fingerprint density at radius 3 is 3.00 bits per heavy atom. The van der Waals surface area contributed by atoms with Crippen LogP contribution < -0.4 is 0 Å². The standard InChI is InChI=1S/C11H10BrNO2/c12-8-6-13-9-3-1-2-7(11(8)9)4-5-10(14)15/h1-3,6,13H,4-5H2,(H,14,15). The zero-order valence-electron chi connectivity index (χ0n) is 7.96. The van der Waals surface area contributed by atoms with Gasteiger partial charge in [0.2, 0.25) is 0 Å². The molecule has 1 aromatic carbocycles. The topological polar surface area (TPSA) is 53.1 Å². The van der Waals surface area contributed by atoms with Gasteiger partial charge in [0.15, 0.2) is 0 Å². The van der Waals surface area contributed by atoms with Crippen LogP contribution in [0.15, 0.2) is 28.9 Å². The lowest BCUT2D eigenvalue weighted by Gasteiger charge is -2.01. The van der Waals surface area contributed by atoms with Crippen LogP contribution in [0.4, 0.5) is 0 Å². The average Bonchev–Trinajstić information content (AvgIpc) is 2.58. The Bertz CT molecular complexity index is 504. The maximum Gasteiger partial charge on any atom is 0.303 e. The van der Waals surface area contributed by atoms with E-state index < -0.39 is 5.97 Å². The maximum atomic E-state index is 10.5. The fourth-order valence-electron chi connectivity index (χ4n) is 1.67.